The van der Waals surface area contributed by atoms with Crippen molar-refractivity contribution < 1.29 is 33.8 Å². The predicted octanol–water partition coefficient (Wildman–Crippen LogP) is 5.45. The summed E-state index contributed by atoms with van der Waals surface area (Å²) in [5, 5.41) is 12.6. The predicted molar refractivity (Wildman–Crippen MR) is 163 cm³/mol. The largest absolute Gasteiger partial charge is 0.509 e. The van der Waals surface area contributed by atoms with Gasteiger partial charge in [-0.2, -0.15) is 0 Å². The average Bonchev–Trinajstić information content (AvgIpc) is 2.99. The third-order valence-corrected chi connectivity index (χ3v) is 7.86. The lowest BCUT2D eigenvalue weighted by Crippen LogP contribution is -2.70. The molecule has 1 heterocycles. The van der Waals surface area contributed by atoms with Crippen molar-refractivity contribution in [1.82, 2.24) is 10.2 Å². The van der Waals surface area contributed by atoms with Gasteiger partial charge >= 0.3 is 5.97 Å². The van der Waals surface area contributed by atoms with E-state index in [1.807, 2.05) is 12.1 Å². The number of halogens is 3. The van der Waals surface area contributed by atoms with Gasteiger partial charge in [0.25, 0.3) is 11.8 Å². The summed E-state index contributed by atoms with van der Waals surface area (Å²) in [5.41, 5.74) is 1.34. The zero-order chi connectivity index (χ0) is 30.2. The van der Waals surface area contributed by atoms with E-state index < -0.39 is 53.4 Å². The van der Waals surface area contributed by atoms with Gasteiger partial charge in [-0.25, -0.2) is 4.79 Å². The van der Waals surface area contributed by atoms with Gasteiger partial charge in [0.1, 0.15) is 22.9 Å². The van der Waals surface area contributed by atoms with Gasteiger partial charge in [-0.3, -0.25) is 19.3 Å². The number of rotatable bonds is 12. The molecule has 0 spiro atoms. The maximum absolute atomic E-state index is 13.6. The number of thioether (sulfide) groups is 1. The van der Waals surface area contributed by atoms with Crippen molar-refractivity contribution in [3.8, 4) is 5.75 Å². The lowest BCUT2D eigenvalue weighted by Gasteiger charge is -2.46. The first-order valence-corrected chi connectivity index (χ1v) is 15.1. The number of alkyl halides is 1. The number of carbonyl (C=O) groups excluding carboxylic acids is 4. The van der Waals surface area contributed by atoms with Crippen LogP contribution < -0.4 is 10.1 Å². The van der Waals surface area contributed by atoms with Crippen LogP contribution in [0.5, 0.6) is 5.75 Å². The second-order valence-electron chi connectivity index (χ2n) is 8.81. The number of esters is 1. The molecule has 1 saturated heterocycles. The molecule has 0 radical (unpaired) electrons. The Balaban J connectivity index is 1.53. The van der Waals surface area contributed by atoms with Gasteiger partial charge in [-0.1, -0.05) is 112 Å². The molecule has 42 heavy (non-hydrogen) atoms. The quantitative estimate of drug-likeness (QED) is 0.0642. The van der Waals surface area contributed by atoms with Gasteiger partial charge in [0.15, 0.2) is 24.0 Å². The minimum Gasteiger partial charge on any atom is -0.509 e. The molecule has 4 rings (SSSR count). The Morgan fingerprint density at radius 2 is 1.60 bits per heavy atom. The standard InChI is InChI=1S/C29H23BrCl2N2O7S/c30-14-22(36)25(29(39)41-26(17-7-3-1-4-8-17)18-9-5-2-6-10-18)34-27(38)24(28(34)42-16-35)33-23(37)15-40-21-12-19(31)11-20(32)13-21/h1-13,16,24,26,28,36H,14-15H2,(H,33,37). The molecule has 9 nitrogen and oxygen atoms in total. The maximum Gasteiger partial charge on any atom is 0.359 e. The molecule has 0 saturated carbocycles. The second-order valence-corrected chi connectivity index (χ2v) is 11.2. The molecule has 2 unspecified atom stereocenters. The van der Waals surface area contributed by atoms with Gasteiger partial charge in [0.2, 0.25) is 0 Å². The van der Waals surface area contributed by atoms with Crippen LogP contribution in [0.15, 0.2) is 90.3 Å². The van der Waals surface area contributed by atoms with E-state index in [0.29, 0.717) is 38.6 Å². The number of likely N-dealkylation sites (tertiary alicyclic amines) is 1. The number of allylic oxidation sites excluding steroid dienone is 1. The SMILES string of the molecule is O=CSC1C(NC(=O)COc2cc(Cl)cc(Cl)c2)C(=O)N1C(C(=O)OC(c1ccccc1)c1ccccc1)=C(O)CBr. The minimum absolute atomic E-state index is 0.186. The monoisotopic (exact) mass is 692 g/mol. The zero-order valence-electron chi connectivity index (χ0n) is 21.6. The van der Waals surface area contributed by atoms with E-state index in [1.165, 1.54) is 18.2 Å². The number of nitrogens with one attached hydrogen (secondary N) is 1. The van der Waals surface area contributed by atoms with E-state index in [2.05, 4.69) is 21.2 Å². The van der Waals surface area contributed by atoms with Gasteiger partial charge in [0.05, 0.1) is 5.33 Å². The Morgan fingerprint density at radius 3 is 2.12 bits per heavy atom. The van der Waals surface area contributed by atoms with E-state index in [-0.39, 0.29) is 11.1 Å². The summed E-state index contributed by atoms with van der Waals surface area (Å²) in [6.45, 7) is -0.480. The Morgan fingerprint density at radius 1 is 1.02 bits per heavy atom. The summed E-state index contributed by atoms with van der Waals surface area (Å²) in [6.07, 6.45) is -0.862. The van der Waals surface area contributed by atoms with Crippen molar-refractivity contribution in [1.29, 1.82) is 0 Å². The third-order valence-electron chi connectivity index (χ3n) is 6.02. The normalized spacial score (nSPS) is 16.8. The van der Waals surface area contributed by atoms with Crippen LogP contribution in [-0.2, 0) is 23.9 Å². The molecule has 3 aromatic carbocycles. The van der Waals surface area contributed by atoms with Gasteiger partial charge in [-0.15, -0.1) is 0 Å². The molecule has 1 fully saturated rings. The Hall–Kier alpha value is -3.51. The smallest absolute Gasteiger partial charge is 0.359 e. The zero-order valence-corrected chi connectivity index (χ0v) is 25.5. The van der Waals surface area contributed by atoms with Crippen LogP contribution in [0.3, 0.4) is 0 Å². The number of carbonyl (C=O) groups is 4. The number of hydrogen-bond acceptors (Lipinski definition) is 8. The number of benzene rings is 3. The topological polar surface area (TPSA) is 122 Å². The molecule has 2 atom stereocenters. The molecule has 1 aliphatic heterocycles. The first-order chi connectivity index (χ1) is 20.2. The molecule has 0 bridgehead atoms. The molecular weight excluding hydrogens is 671 g/mol. The van der Waals surface area contributed by atoms with Crippen LogP contribution in [0.25, 0.3) is 0 Å². The van der Waals surface area contributed by atoms with Gasteiger partial charge < -0.3 is 19.9 Å². The first-order valence-electron chi connectivity index (χ1n) is 12.3. The molecule has 0 aliphatic carbocycles. The highest BCUT2D eigenvalue weighted by molar-refractivity contribution is 9.09. The second kappa shape index (κ2) is 14.6. The number of aliphatic hydroxyl groups excluding tert-OH is 1. The lowest BCUT2D eigenvalue weighted by atomic mass is 10.0. The Bertz CT molecular complexity index is 1430. The van der Waals surface area contributed by atoms with Crippen LogP contribution in [0.1, 0.15) is 17.2 Å². The summed E-state index contributed by atoms with van der Waals surface area (Å²) in [7, 11) is 0. The van der Waals surface area contributed by atoms with Crippen molar-refractivity contribution in [2.45, 2.75) is 17.5 Å². The summed E-state index contributed by atoms with van der Waals surface area (Å²) in [4.78, 5) is 51.9. The van der Waals surface area contributed by atoms with Crippen LogP contribution in [-0.4, -0.2) is 56.8 Å². The summed E-state index contributed by atoms with van der Waals surface area (Å²) >= 11 is 15.7. The molecule has 1 aliphatic rings. The Kier molecular flexibility index (Phi) is 10.9. The number of amides is 2. The highest BCUT2D eigenvalue weighted by Gasteiger charge is 2.53. The number of nitrogens with zero attached hydrogens (tertiary/aromatic N) is 1. The van der Waals surface area contributed by atoms with Crippen molar-refractivity contribution in [2.24, 2.45) is 0 Å². The van der Waals surface area contributed by atoms with Crippen LogP contribution in [0.2, 0.25) is 10.0 Å². The van der Waals surface area contributed by atoms with Crippen LogP contribution >= 0.6 is 50.9 Å². The molecule has 13 heteroatoms. The molecular formula is C29H23BrCl2N2O7S. The molecule has 2 amide bonds. The number of aliphatic hydroxyl groups is 1. The highest BCUT2D eigenvalue weighted by Crippen LogP contribution is 2.36. The van der Waals surface area contributed by atoms with Crippen LogP contribution in [0, 0.1) is 0 Å². The van der Waals surface area contributed by atoms with Crippen molar-refractivity contribution in [3.63, 3.8) is 0 Å². The molecule has 0 aromatic heterocycles. The molecule has 3 aromatic rings. The van der Waals surface area contributed by atoms with Crippen molar-refractivity contribution >= 4 is 74.3 Å². The molecule has 218 valence electrons. The van der Waals surface area contributed by atoms with E-state index in [9.17, 15) is 24.3 Å². The Labute approximate surface area is 263 Å². The summed E-state index contributed by atoms with van der Waals surface area (Å²) in [5.74, 6) is -2.66. The van der Waals surface area contributed by atoms with E-state index in [4.69, 9.17) is 32.7 Å². The van der Waals surface area contributed by atoms with E-state index >= 15 is 0 Å². The fraction of sp³-hybridized carbons (Fsp3) is 0.172. The fourth-order valence-electron chi connectivity index (χ4n) is 4.17. The van der Waals surface area contributed by atoms with E-state index in [0.717, 1.165) is 4.90 Å². The molecule has 2 N–H and O–H groups in total. The fourth-order valence-corrected chi connectivity index (χ4v) is 5.73. The number of ether oxygens (including phenoxy) is 2. The van der Waals surface area contributed by atoms with Crippen molar-refractivity contribution in [3.05, 3.63) is 111 Å². The van der Waals surface area contributed by atoms with Crippen molar-refractivity contribution in [2.75, 3.05) is 11.9 Å². The average molecular weight is 694 g/mol. The third kappa shape index (κ3) is 7.46. The van der Waals surface area contributed by atoms with Gasteiger partial charge in [-0.05, 0) is 29.3 Å². The number of β-lactam (4-membered cyclic amide) rings is 1. The van der Waals surface area contributed by atoms with Gasteiger partial charge in [0, 0.05) is 10.0 Å². The highest BCUT2D eigenvalue weighted by atomic mass is 79.9. The van der Waals surface area contributed by atoms with E-state index in [1.54, 1.807) is 48.5 Å². The first kappa shape index (κ1) is 31.4. The summed E-state index contributed by atoms with van der Waals surface area (Å²) < 4.78 is 11.3. The number of hydrogen-bond donors (Lipinski definition) is 2. The minimum atomic E-state index is -1.19. The van der Waals surface area contributed by atoms with Crippen LogP contribution in [0.4, 0.5) is 0 Å². The maximum atomic E-state index is 13.6. The lowest BCUT2D eigenvalue weighted by molar-refractivity contribution is -0.155. The summed E-state index contributed by atoms with van der Waals surface area (Å²) in [6, 6.07) is 21.2.